The second kappa shape index (κ2) is 6.61. The Morgan fingerprint density at radius 3 is 2.96 bits per heavy atom. The second-order valence-corrected chi connectivity index (χ2v) is 7.53. The molecule has 0 atom stereocenters. The van der Waals surface area contributed by atoms with Gasteiger partial charge >= 0.3 is 5.69 Å². The highest BCUT2D eigenvalue weighted by atomic mass is 16.5. The number of hydrogen-bond acceptors (Lipinski definition) is 6. The third kappa shape index (κ3) is 3.02. The summed E-state index contributed by atoms with van der Waals surface area (Å²) >= 11 is 0. The Balaban J connectivity index is 1.45. The quantitative estimate of drug-likeness (QED) is 0.549. The Labute approximate surface area is 161 Å². The maximum absolute atomic E-state index is 12.9. The zero-order valence-electron chi connectivity index (χ0n) is 15.5. The normalized spacial score (nSPS) is 18.7. The van der Waals surface area contributed by atoms with Gasteiger partial charge < -0.3 is 19.5 Å². The van der Waals surface area contributed by atoms with Gasteiger partial charge in [-0.05, 0) is 31.4 Å². The van der Waals surface area contributed by atoms with Crippen LogP contribution >= 0.6 is 0 Å². The first-order valence-electron chi connectivity index (χ1n) is 9.64. The Kier molecular flexibility index (Phi) is 4.06. The summed E-state index contributed by atoms with van der Waals surface area (Å²) in [6, 6.07) is 5.65. The summed E-state index contributed by atoms with van der Waals surface area (Å²) in [5.41, 5.74) is 2.08. The Bertz CT molecular complexity index is 1070. The van der Waals surface area contributed by atoms with E-state index in [4.69, 9.17) is 4.74 Å². The van der Waals surface area contributed by atoms with Gasteiger partial charge in [-0.2, -0.15) is 5.10 Å². The van der Waals surface area contributed by atoms with Crippen molar-refractivity contribution in [2.45, 2.75) is 25.8 Å². The molecule has 146 valence electrons. The minimum absolute atomic E-state index is 0.172. The van der Waals surface area contributed by atoms with Crippen LogP contribution in [0.4, 0.5) is 11.5 Å². The smallest absolute Gasteiger partial charge is 0.347 e. The maximum Gasteiger partial charge on any atom is 0.347 e. The fourth-order valence-electron chi connectivity index (χ4n) is 4.12. The van der Waals surface area contributed by atoms with Crippen molar-refractivity contribution in [2.24, 2.45) is 0 Å². The number of hydroxylamine groups is 3. The van der Waals surface area contributed by atoms with Crippen LogP contribution in [0.15, 0.2) is 35.4 Å². The van der Waals surface area contributed by atoms with Gasteiger partial charge in [0.25, 0.3) is 0 Å². The van der Waals surface area contributed by atoms with E-state index in [9.17, 15) is 10.0 Å². The molecule has 3 aromatic heterocycles. The predicted octanol–water partition coefficient (Wildman–Crippen LogP) is 1.95. The Morgan fingerprint density at radius 1 is 1.25 bits per heavy atom. The van der Waals surface area contributed by atoms with Crippen molar-refractivity contribution in [3.8, 4) is 5.75 Å². The highest BCUT2D eigenvalue weighted by molar-refractivity contribution is 5.69. The molecule has 0 amide bonds. The summed E-state index contributed by atoms with van der Waals surface area (Å²) < 4.78 is 7.12. The van der Waals surface area contributed by atoms with Gasteiger partial charge in [0.15, 0.2) is 17.2 Å². The van der Waals surface area contributed by atoms with Crippen molar-refractivity contribution in [1.82, 2.24) is 19.6 Å². The van der Waals surface area contributed by atoms with E-state index < -0.39 is 0 Å². The lowest BCUT2D eigenvalue weighted by Crippen LogP contribution is -2.45. The number of aromatic amines is 1. The maximum atomic E-state index is 12.9. The number of rotatable bonds is 3. The molecule has 1 saturated heterocycles. The molecule has 0 aromatic carbocycles. The van der Waals surface area contributed by atoms with Crippen molar-refractivity contribution < 1.29 is 9.38 Å². The molecule has 0 spiro atoms. The predicted molar refractivity (Wildman–Crippen MR) is 103 cm³/mol. The number of pyridine rings is 2. The van der Waals surface area contributed by atoms with Gasteiger partial charge in [-0.15, -0.1) is 0 Å². The second-order valence-electron chi connectivity index (χ2n) is 7.53. The summed E-state index contributed by atoms with van der Waals surface area (Å²) in [5, 5.41) is 19.4. The van der Waals surface area contributed by atoms with E-state index in [1.54, 1.807) is 12.4 Å². The minimum Gasteiger partial charge on any atom is -0.633 e. The van der Waals surface area contributed by atoms with Gasteiger partial charge in [0.1, 0.15) is 13.2 Å². The highest BCUT2D eigenvalue weighted by Gasteiger charge is 2.25. The van der Waals surface area contributed by atoms with Gasteiger partial charge in [-0.25, -0.2) is 14.9 Å². The summed E-state index contributed by atoms with van der Waals surface area (Å²) in [7, 11) is 0. The van der Waals surface area contributed by atoms with Crippen molar-refractivity contribution in [1.29, 1.82) is 0 Å². The first-order chi connectivity index (χ1) is 13.6. The minimum atomic E-state index is -0.265. The molecule has 5 rings (SSSR count). The van der Waals surface area contributed by atoms with E-state index >= 15 is 0 Å². The zero-order chi connectivity index (χ0) is 19.1. The number of likely N-dealkylation sites (tertiary alicyclic amines) is 1. The fourth-order valence-corrected chi connectivity index (χ4v) is 4.12. The van der Waals surface area contributed by atoms with E-state index in [1.807, 2.05) is 23.1 Å². The number of piperidine rings is 1. The van der Waals surface area contributed by atoms with E-state index in [-0.39, 0.29) is 10.3 Å². The van der Waals surface area contributed by atoms with Crippen molar-refractivity contribution in [3.05, 3.63) is 51.8 Å². The van der Waals surface area contributed by atoms with Crippen molar-refractivity contribution in [2.75, 3.05) is 31.1 Å². The van der Waals surface area contributed by atoms with Crippen LogP contribution in [-0.2, 0) is 6.54 Å². The van der Waals surface area contributed by atoms with Crippen LogP contribution in [-0.4, -0.2) is 50.5 Å². The monoisotopic (exact) mass is 382 g/mol. The summed E-state index contributed by atoms with van der Waals surface area (Å²) in [5.74, 6) is 1.40. The number of hydrogen-bond donors (Lipinski definition) is 1. The van der Waals surface area contributed by atoms with E-state index in [0.717, 1.165) is 30.5 Å². The van der Waals surface area contributed by atoms with Gasteiger partial charge in [-0.1, -0.05) is 0 Å². The van der Waals surface area contributed by atoms with Gasteiger partial charge in [0.2, 0.25) is 0 Å². The number of ether oxygens (including phenoxy) is 1. The molecule has 2 aliphatic rings. The summed E-state index contributed by atoms with van der Waals surface area (Å²) in [6.45, 7) is 2.95. The number of anilines is 2. The molecule has 0 aliphatic carbocycles. The van der Waals surface area contributed by atoms with E-state index in [0.29, 0.717) is 50.0 Å². The topological polar surface area (TPSA) is 98.6 Å². The van der Waals surface area contributed by atoms with Crippen molar-refractivity contribution >= 4 is 17.2 Å². The van der Waals surface area contributed by atoms with Crippen LogP contribution in [0.2, 0.25) is 0 Å². The number of H-pyrrole nitrogens is 1. The molecule has 5 heterocycles. The SMILES string of the molecule is O=c1[nH]nc2cc(N3CCOc4cc(C[N+]5([O-])CCCCC5)cnc43)ccn12. The average Bonchev–Trinajstić information content (AvgIpc) is 3.08. The standard InChI is InChI=1S/C19H22N6O3/c26-19-22-21-17-11-15(4-5-24(17)19)23-6-9-28-16-10-14(12-20-18(16)23)13-25(27)7-2-1-3-8-25/h4-5,10-12H,1-3,6-9,13H2,(H,22,26). The molecule has 1 fully saturated rings. The lowest BCUT2D eigenvalue weighted by atomic mass is 10.1. The van der Waals surface area contributed by atoms with Gasteiger partial charge in [0, 0.05) is 29.7 Å². The summed E-state index contributed by atoms with van der Waals surface area (Å²) in [6.07, 6.45) is 6.61. The molecule has 3 aromatic rings. The van der Waals surface area contributed by atoms with Crippen LogP contribution in [0.1, 0.15) is 24.8 Å². The van der Waals surface area contributed by atoms with Gasteiger partial charge in [0.05, 0.1) is 19.6 Å². The largest absolute Gasteiger partial charge is 0.633 e. The molecule has 28 heavy (non-hydrogen) atoms. The highest BCUT2D eigenvalue weighted by Crippen LogP contribution is 2.36. The fraction of sp³-hybridized carbons (Fsp3) is 0.421. The molecule has 9 heteroatoms. The first-order valence-corrected chi connectivity index (χ1v) is 9.64. The van der Waals surface area contributed by atoms with E-state index in [1.165, 1.54) is 4.40 Å². The molecule has 2 aliphatic heterocycles. The first kappa shape index (κ1) is 17.2. The van der Waals surface area contributed by atoms with Gasteiger partial charge in [-0.3, -0.25) is 4.40 Å². The number of nitrogens with one attached hydrogen (secondary N) is 1. The molecule has 0 radical (unpaired) electrons. The zero-order valence-corrected chi connectivity index (χ0v) is 15.5. The van der Waals surface area contributed by atoms with Crippen molar-refractivity contribution in [3.63, 3.8) is 0 Å². The molecular weight excluding hydrogens is 360 g/mol. The van der Waals surface area contributed by atoms with E-state index in [2.05, 4.69) is 15.2 Å². The number of fused-ring (bicyclic) bond motifs is 2. The number of quaternary nitrogens is 1. The Morgan fingerprint density at radius 2 is 2.11 bits per heavy atom. The molecule has 0 saturated carbocycles. The molecule has 0 unspecified atom stereocenters. The van der Waals surface area contributed by atoms with Crippen LogP contribution in [0.5, 0.6) is 5.75 Å². The molecule has 9 nitrogen and oxygen atoms in total. The van der Waals surface area contributed by atoms with Crippen LogP contribution in [0.25, 0.3) is 5.65 Å². The lowest BCUT2D eigenvalue weighted by molar-refractivity contribution is -0.898. The summed E-state index contributed by atoms with van der Waals surface area (Å²) in [4.78, 5) is 18.3. The Hall–Kier alpha value is -2.91. The van der Waals surface area contributed by atoms with Crippen LogP contribution in [0.3, 0.4) is 0 Å². The molecule has 1 N–H and O–H groups in total. The third-order valence-corrected chi connectivity index (χ3v) is 5.53. The molecular formula is C19H22N6O3. The van der Waals surface area contributed by atoms with Crippen LogP contribution < -0.4 is 15.3 Å². The number of aromatic nitrogens is 4. The van der Waals surface area contributed by atoms with Crippen LogP contribution in [0, 0.1) is 5.21 Å². The number of nitrogens with zero attached hydrogens (tertiary/aromatic N) is 5. The molecule has 0 bridgehead atoms. The lowest BCUT2D eigenvalue weighted by Gasteiger charge is -2.45. The average molecular weight is 382 g/mol. The third-order valence-electron chi connectivity index (χ3n) is 5.53.